The van der Waals surface area contributed by atoms with E-state index in [0.29, 0.717) is 29.8 Å². The monoisotopic (exact) mass is 393 g/mol. The first-order chi connectivity index (χ1) is 14.1. The molecule has 0 N–H and O–H groups in total. The molecule has 0 unspecified atom stereocenters. The maximum atomic E-state index is 11.5. The first-order valence-corrected chi connectivity index (χ1v) is 9.28. The van der Waals surface area contributed by atoms with Gasteiger partial charge in [0.1, 0.15) is 18.1 Å². The van der Waals surface area contributed by atoms with Crippen LogP contribution in [-0.2, 0) is 16.1 Å². The Bertz CT molecular complexity index is 992. The van der Waals surface area contributed by atoms with Crippen molar-refractivity contribution < 1.29 is 23.4 Å². The molecule has 0 spiro atoms. The maximum Gasteiger partial charge on any atom is 0.330 e. The highest BCUT2D eigenvalue weighted by Crippen LogP contribution is 2.30. The summed E-state index contributed by atoms with van der Waals surface area (Å²) in [6.07, 6.45) is 3.04. The predicted molar refractivity (Wildman–Crippen MR) is 110 cm³/mol. The number of ether oxygens (including phenoxy) is 3. The van der Waals surface area contributed by atoms with Crippen LogP contribution in [-0.4, -0.2) is 24.7 Å². The average molecular weight is 393 g/mol. The van der Waals surface area contributed by atoms with Gasteiger partial charge in [-0.2, -0.15) is 0 Å². The van der Waals surface area contributed by atoms with E-state index in [1.54, 1.807) is 32.2 Å². The summed E-state index contributed by atoms with van der Waals surface area (Å²) in [5.41, 5.74) is 2.43. The standard InChI is InChI=1S/C23H23NO5/c1-4-27-22(25)13-11-17-10-12-20(21(14-17)26-3)28-15-19-16(2)29-23(24-19)18-8-6-5-7-9-18/h5-14H,4,15H2,1-3H3/b13-11+. The Morgan fingerprint density at radius 1 is 1.14 bits per heavy atom. The molecule has 1 aromatic heterocycles. The van der Waals surface area contributed by atoms with Crippen molar-refractivity contribution in [2.24, 2.45) is 0 Å². The number of aryl methyl sites for hydroxylation is 1. The van der Waals surface area contributed by atoms with Gasteiger partial charge in [0, 0.05) is 11.6 Å². The Hall–Kier alpha value is -3.54. The zero-order valence-corrected chi connectivity index (χ0v) is 16.7. The first-order valence-electron chi connectivity index (χ1n) is 9.28. The number of carbonyl (C=O) groups is 1. The second kappa shape index (κ2) is 9.59. The zero-order valence-electron chi connectivity index (χ0n) is 16.7. The van der Waals surface area contributed by atoms with Crippen molar-refractivity contribution in [3.8, 4) is 23.0 Å². The highest BCUT2D eigenvalue weighted by Gasteiger charge is 2.13. The average Bonchev–Trinajstić information content (AvgIpc) is 3.12. The van der Waals surface area contributed by atoms with Crippen molar-refractivity contribution in [2.75, 3.05) is 13.7 Å². The molecular formula is C23H23NO5. The fourth-order valence-electron chi connectivity index (χ4n) is 2.67. The van der Waals surface area contributed by atoms with Gasteiger partial charge in [-0.3, -0.25) is 0 Å². The van der Waals surface area contributed by atoms with Gasteiger partial charge in [-0.25, -0.2) is 9.78 Å². The van der Waals surface area contributed by atoms with Gasteiger partial charge >= 0.3 is 5.97 Å². The van der Waals surface area contributed by atoms with Crippen LogP contribution >= 0.6 is 0 Å². The second-order valence-electron chi connectivity index (χ2n) is 6.17. The van der Waals surface area contributed by atoms with Crippen LogP contribution in [0.15, 0.2) is 59.0 Å². The number of esters is 1. The van der Waals surface area contributed by atoms with E-state index in [-0.39, 0.29) is 12.6 Å². The molecule has 6 nitrogen and oxygen atoms in total. The normalized spacial score (nSPS) is 10.9. The highest BCUT2D eigenvalue weighted by molar-refractivity contribution is 5.87. The fourth-order valence-corrected chi connectivity index (χ4v) is 2.67. The molecule has 0 aliphatic carbocycles. The van der Waals surface area contributed by atoms with Crippen LogP contribution in [0.5, 0.6) is 11.5 Å². The fraction of sp³-hybridized carbons (Fsp3) is 0.217. The maximum absolute atomic E-state index is 11.5. The van der Waals surface area contributed by atoms with Gasteiger partial charge in [0.2, 0.25) is 5.89 Å². The second-order valence-corrected chi connectivity index (χ2v) is 6.17. The Kier molecular flexibility index (Phi) is 6.68. The Balaban J connectivity index is 1.71. The molecule has 1 heterocycles. The molecule has 2 aromatic carbocycles. The molecule has 6 heteroatoms. The van der Waals surface area contributed by atoms with Crippen molar-refractivity contribution >= 4 is 12.0 Å². The summed E-state index contributed by atoms with van der Waals surface area (Å²) >= 11 is 0. The van der Waals surface area contributed by atoms with E-state index in [1.807, 2.05) is 43.3 Å². The number of aromatic nitrogens is 1. The minimum atomic E-state index is -0.387. The van der Waals surface area contributed by atoms with E-state index < -0.39 is 0 Å². The Labute approximate surface area is 169 Å². The van der Waals surface area contributed by atoms with Crippen LogP contribution in [0.1, 0.15) is 23.9 Å². The molecule has 0 bridgehead atoms. The topological polar surface area (TPSA) is 70.8 Å². The van der Waals surface area contributed by atoms with Gasteiger partial charge in [-0.05, 0) is 49.8 Å². The number of rotatable bonds is 8. The third-order valence-corrected chi connectivity index (χ3v) is 4.16. The minimum absolute atomic E-state index is 0.247. The van der Waals surface area contributed by atoms with Crippen molar-refractivity contribution in [1.82, 2.24) is 4.98 Å². The number of hydrogen-bond acceptors (Lipinski definition) is 6. The summed E-state index contributed by atoms with van der Waals surface area (Å²) in [5, 5.41) is 0. The molecule has 29 heavy (non-hydrogen) atoms. The molecule has 0 aliphatic rings. The third kappa shape index (κ3) is 5.25. The van der Waals surface area contributed by atoms with Gasteiger partial charge < -0.3 is 18.6 Å². The lowest BCUT2D eigenvalue weighted by atomic mass is 10.2. The van der Waals surface area contributed by atoms with Gasteiger partial charge in [-0.1, -0.05) is 24.3 Å². The number of oxazole rings is 1. The zero-order chi connectivity index (χ0) is 20.6. The molecule has 0 atom stereocenters. The van der Waals surface area contributed by atoms with E-state index in [2.05, 4.69) is 4.98 Å². The summed E-state index contributed by atoms with van der Waals surface area (Å²) < 4.78 is 22.0. The molecule has 0 saturated carbocycles. The predicted octanol–water partition coefficient (Wildman–Crippen LogP) is 4.81. The van der Waals surface area contributed by atoms with Gasteiger partial charge in [0.15, 0.2) is 11.5 Å². The van der Waals surface area contributed by atoms with Crippen LogP contribution in [0.4, 0.5) is 0 Å². The van der Waals surface area contributed by atoms with Gasteiger partial charge in [-0.15, -0.1) is 0 Å². The molecule has 0 aliphatic heterocycles. The van der Waals surface area contributed by atoms with Crippen molar-refractivity contribution in [3.05, 3.63) is 71.6 Å². The third-order valence-electron chi connectivity index (χ3n) is 4.16. The molecule has 150 valence electrons. The van der Waals surface area contributed by atoms with Crippen molar-refractivity contribution in [1.29, 1.82) is 0 Å². The van der Waals surface area contributed by atoms with Crippen LogP contribution in [0, 0.1) is 6.92 Å². The van der Waals surface area contributed by atoms with Crippen molar-refractivity contribution in [3.63, 3.8) is 0 Å². The number of benzene rings is 2. The lowest BCUT2D eigenvalue weighted by molar-refractivity contribution is -0.137. The summed E-state index contributed by atoms with van der Waals surface area (Å²) in [6, 6.07) is 15.1. The lowest BCUT2D eigenvalue weighted by Crippen LogP contribution is -2.00. The number of nitrogens with zero attached hydrogens (tertiary/aromatic N) is 1. The molecule has 0 saturated heterocycles. The summed E-state index contributed by atoms with van der Waals surface area (Å²) in [5.74, 6) is 2.01. The Morgan fingerprint density at radius 3 is 2.66 bits per heavy atom. The van der Waals surface area contributed by atoms with Crippen LogP contribution < -0.4 is 9.47 Å². The number of methoxy groups -OCH3 is 1. The minimum Gasteiger partial charge on any atom is -0.493 e. The summed E-state index contributed by atoms with van der Waals surface area (Å²) in [7, 11) is 1.57. The van der Waals surface area contributed by atoms with Crippen LogP contribution in [0.2, 0.25) is 0 Å². The largest absolute Gasteiger partial charge is 0.493 e. The first kappa shape index (κ1) is 20.2. The highest BCUT2D eigenvalue weighted by atomic mass is 16.5. The molecule has 0 fully saturated rings. The summed E-state index contributed by atoms with van der Waals surface area (Å²) in [6.45, 7) is 4.21. The number of carbonyl (C=O) groups excluding carboxylic acids is 1. The van der Waals surface area contributed by atoms with E-state index in [4.69, 9.17) is 18.6 Å². The quantitative estimate of drug-likeness (QED) is 0.404. The van der Waals surface area contributed by atoms with Crippen LogP contribution in [0.3, 0.4) is 0 Å². The van der Waals surface area contributed by atoms with Gasteiger partial charge in [0.25, 0.3) is 0 Å². The van der Waals surface area contributed by atoms with Crippen molar-refractivity contribution in [2.45, 2.75) is 20.5 Å². The lowest BCUT2D eigenvalue weighted by Gasteiger charge is -2.10. The molecule has 3 rings (SSSR count). The molecule has 0 amide bonds. The smallest absolute Gasteiger partial charge is 0.330 e. The SMILES string of the molecule is CCOC(=O)/C=C/c1ccc(OCc2nc(-c3ccccc3)oc2C)c(OC)c1. The van der Waals surface area contributed by atoms with E-state index in [0.717, 1.165) is 16.8 Å². The molecule has 3 aromatic rings. The van der Waals surface area contributed by atoms with Crippen LogP contribution in [0.25, 0.3) is 17.5 Å². The van der Waals surface area contributed by atoms with E-state index >= 15 is 0 Å². The summed E-state index contributed by atoms with van der Waals surface area (Å²) in [4.78, 5) is 16.0. The molecular weight excluding hydrogens is 370 g/mol. The van der Waals surface area contributed by atoms with E-state index in [9.17, 15) is 4.79 Å². The number of hydrogen-bond donors (Lipinski definition) is 0. The molecule has 0 radical (unpaired) electrons. The Morgan fingerprint density at radius 2 is 1.93 bits per heavy atom. The van der Waals surface area contributed by atoms with E-state index in [1.165, 1.54) is 6.08 Å². The van der Waals surface area contributed by atoms with Gasteiger partial charge in [0.05, 0.1) is 13.7 Å².